The highest BCUT2D eigenvalue weighted by molar-refractivity contribution is 4.91. The van der Waals surface area contributed by atoms with Gasteiger partial charge in [-0.05, 0) is 0 Å². The second-order valence-electron chi connectivity index (χ2n) is 8.18. The Morgan fingerprint density at radius 2 is 1.38 bits per heavy atom. The minimum atomic E-state index is -1.71. The maximum Gasteiger partial charge on any atom is 0.187 e. The van der Waals surface area contributed by atoms with Gasteiger partial charge in [-0.3, -0.25) is 0 Å². The lowest BCUT2D eigenvalue weighted by Crippen LogP contribution is -2.61. The molecule has 3 rings (SSSR count). The molecule has 32 heavy (non-hydrogen) atoms. The Bertz CT molecular complexity index is 580. The van der Waals surface area contributed by atoms with Crippen molar-refractivity contribution >= 4 is 0 Å². The molecule has 3 heterocycles. The molecule has 3 saturated heterocycles. The van der Waals surface area contributed by atoms with Crippen LogP contribution in [0.5, 0.6) is 0 Å². The molecule has 188 valence electrons. The number of hydrogen-bond donors (Lipinski definition) is 9. The molecule has 14 nitrogen and oxygen atoms in total. The summed E-state index contributed by atoms with van der Waals surface area (Å²) in [5, 5.41) is 88.4. The topological polar surface area (TPSA) is 228 Å². The molecule has 0 aromatic carbocycles. The van der Waals surface area contributed by atoms with E-state index in [1.54, 1.807) is 0 Å². The number of hydrogen-bond acceptors (Lipinski definition) is 14. The third kappa shape index (κ3) is 5.73. The van der Waals surface area contributed by atoms with Gasteiger partial charge in [-0.15, -0.1) is 0 Å². The van der Waals surface area contributed by atoms with Crippen LogP contribution in [0.4, 0.5) is 0 Å². The van der Waals surface area contributed by atoms with Crippen molar-refractivity contribution in [3.63, 3.8) is 0 Å². The molecule has 0 bridgehead atoms. The van der Waals surface area contributed by atoms with Gasteiger partial charge < -0.3 is 69.6 Å². The van der Waals surface area contributed by atoms with Gasteiger partial charge in [0.15, 0.2) is 18.9 Å². The van der Waals surface area contributed by atoms with Crippen LogP contribution in [0.25, 0.3) is 0 Å². The van der Waals surface area contributed by atoms with Crippen LogP contribution < -0.4 is 0 Å². The summed E-state index contributed by atoms with van der Waals surface area (Å²) < 4.78 is 26.8. The smallest absolute Gasteiger partial charge is 0.187 e. The Hall–Kier alpha value is -0.560. The van der Waals surface area contributed by atoms with Crippen LogP contribution in [0.1, 0.15) is 12.8 Å². The molecule has 3 fully saturated rings. The largest absolute Gasteiger partial charge is 0.394 e. The van der Waals surface area contributed by atoms with Gasteiger partial charge in [0.2, 0.25) is 0 Å². The molecule has 0 aromatic rings. The van der Waals surface area contributed by atoms with E-state index in [-0.39, 0.29) is 26.1 Å². The van der Waals surface area contributed by atoms with Crippen LogP contribution in [-0.2, 0) is 23.7 Å². The second-order valence-corrected chi connectivity index (χ2v) is 8.18. The number of aliphatic hydroxyl groups is 9. The number of aliphatic hydroxyl groups excluding tert-OH is 9. The first-order chi connectivity index (χ1) is 15.2. The van der Waals surface area contributed by atoms with Crippen molar-refractivity contribution in [2.75, 3.05) is 19.8 Å². The molecule has 3 aliphatic heterocycles. The second kappa shape index (κ2) is 11.2. The average molecular weight is 472 g/mol. The van der Waals surface area contributed by atoms with Crippen molar-refractivity contribution in [3.05, 3.63) is 0 Å². The molecule has 0 saturated carbocycles. The summed E-state index contributed by atoms with van der Waals surface area (Å²) >= 11 is 0. The Labute approximate surface area is 183 Å². The molecule has 0 aromatic heterocycles. The van der Waals surface area contributed by atoms with Crippen molar-refractivity contribution in [1.29, 1.82) is 0 Å². The molecule has 13 atom stereocenters. The summed E-state index contributed by atoms with van der Waals surface area (Å²) in [6.07, 6.45) is -17.6. The Morgan fingerprint density at radius 3 is 2.03 bits per heavy atom. The van der Waals surface area contributed by atoms with E-state index in [9.17, 15) is 46.0 Å². The minimum absolute atomic E-state index is 0.0252. The maximum atomic E-state index is 10.2. The average Bonchev–Trinajstić information content (AvgIpc) is 2.77. The van der Waals surface area contributed by atoms with Crippen molar-refractivity contribution in [2.45, 2.75) is 92.8 Å². The molecule has 3 aliphatic rings. The molecule has 0 radical (unpaired) electrons. The van der Waals surface area contributed by atoms with E-state index in [0.717, 1.165) is 0 Å². The van der Waals surface area contributed by atoms with E-state index in [1.165, 1.54) is 0 Å². The van der Waals surface area contributed by atoms with Gasteiger partial charge in [0.1, 0.15) is 36.6 Å². The Kier molecular flexibility index (Phi) is 9.15. The van der Waals surface area contributed by atoms with E-state index < -0.39 is 86.5 Å². The van der Waals surface area contributed by atoms with Gasteiger partial charge in [0.05, 0.1) is 44.2 Å². The van der Waals surface area contributed by atoms with Gasteiger partial charge in [0.25, 0.3) is 0 Å². The van der Waals surface area contributed by atoms with Gasteiger partial charge in [-0.1, -0.05) is 0 Å². The predicted octanol–water partition coefficient (Wildman–Crippen LogP) is -5.51. The SMILES string of the molecule is OC[C@@H]1C[C@H](O)[C@H](O)[C@@H](OC[C@@H]2C[C@H](O[C@H]3O[C@H](CO)[C@@H](O)[C@H](O)[C@@H]3O)[C@H](O)[C@@H](O)O2)O1. The molecule has 0 unspecified atom stereocenters. The van der Waals surface area contributed by atoms with Crippen LogP contribution in [0.3, 0.4) is 0 Å². The first-order valence-electron chi connectivity index (χ1n) is 10.4. The molecule has 0 spiro atoms. The normalized spacial score (nSPS) is 50.3. The zero-order chi connectivity index (χ0) is 23.6. The quantitative estimate of drug-likeness (QED) is 0.168. The summed E-state index contributed by atoms with van der Waals surface area (Å²) in [4.78, 5) is 0. The lowest BCUT2D eigenvalue weighted by molar-refractivity contribution is -0.343. The van der Waals surface area contributed by atoms with Crippen molar-refractivity contribution in [3.8, 4) is 0 Å². The third-order valence-corrected chi connectivity index (χ3v) is 5.81. The van der Waals surface area contributed by atoms with E-state index in [1.807, 2.05) is 0 Å². The summed E-state index contributed by atoms with van der Waals surface area (Å²) in [7, 11) is 0. The fraction of sp³-hybridized carbons (Fsp3) is 1.00. The molecule has 0 amide bonds. The zero-order valence-corrected chi connectivity index (χ0v) is 17.1. The first-order valence-corrected chi connectivity index (χ1v) is 10.4. The van der Waals surface area contributed by atoms with Gasteiger partial charge in [0, 0.05) is 12.8 Å². The third-order valence-electron chi connectivity index (χ3n) is 5.81. The Morgan fingerprint density at radius 1 is 0.656 bits per heavy atom. The van der Waals surface area contributed by atoms with Crippen LogP contribution in [-0.4, -0.2) is 146 Å². The van der Waals surface area contributed by atoms with E-state index >= 15 is 0 Å². The standard InChI is InChI=1S/C18H32O14/c19-3-6-1-8(21)11(22)17(30-6)28-5-7-2-9(13(24)16(27)29-7)31-18-15(26)14(25)12(23)10(4-20)32-18/h6-27H,1-5H2/t6-,7-,8-,9-,10+,11-,12+,13-,14-,15-,16-,17-,18-/m0/s1. The van der Waals surface area contributed by atoms with Gasteiger partial charge in [-0.25, -0.2) is 0 Å². The summed E-state index contributed by atoms with van der Waals surface area (Å²) in [6.45, 7) is -1.31. The predicted molar refractivity (Wildman–Crippen MR) is 98.5 cm³/mol. The van der Waals surface area contributed by atoms with Crippen molar-refractivity contribution in [1.82, 2.24) is 0 Å². The van der Waals surface area contributed by atoms with E-state index in [4.69, 9.17) is 23.7 Å². The highest BCUT2D eigenvalue weighted by atomic mass is 16.7. The fourth-order valence-electron chi connectivity index (χ4n) is 3.88. The molecule has 9 N–H and O–H groups in total. The van der Waals surface area contributed by atoms with E-state index in [0.29, 0.717) is 0 Å². The summed E-state index contributed by atoms with van der Waals surface area (Å²) in [5.41, 5.74) is 0. The lowest BCUT2D eigenvalue weighted by atomic mass is 9.98. The first kappa shape index (κ1) is 26.1. The lowest BCUT2D eigenvalue weighted by Gasteiger charge is -2.44. The summed E-state index contributed by atoms with van der Waals surface area (Å²) in [5.74, 6) is 0. The van der Waals surface area contributed by atoms with E-state index in [2.05, 4.69) is 0 Å². The Balaban J connectivity index is 1.59. The maximum absolute atomic E-state index is 10.2. The fourth-order valence-corrected chi connectivity index (χ4v) is 3.88. The summed E-state index contributed by atoms with van der Waals surface area (Å²) in [6, 6.07) is 0. The van der Waals surface area contributed by atoms with Crippen molar-refractivity contribution in [2.24, 2.45) is 0 Å². The molecular weight excluding hydrogens is 440 g/mol. The number of rotatable bonds is 7. The van der Waals surface area contributed by atoms with Crippen LogP contribution in [0, 0.1) is 0 Å². The van der Waals surface area contributed by atoms with Gasteiger partial charge in [-0.2, -0.15) is 0 Å². The monoisotopic (exact) mass is 472 g/mol. The van der Waals surface area contributed by atoms with Gasteiger partial charge >= 0.3 is 0 Å². The molecule has 0 aliphatic carbocycles. The minimum Gasteiger partial charge on any atom is -0.394 e. The van der Waals surface area contributed by atoms with Crippen LogP contribution in [0.15, 0.2) is 0 Å². The highest BCUT2D eigenvalue weighted by Crippen LogP contribution is 2.29. The van der Waals surface area contributed by atoms with Crippen LogP contribution in [0.2, 0.25) is 0 Å². The van der Waals surface area contributed by atoms with Crippen molar-refractivity contribution < 1.29 is 69.6 Å². The zero-order valence-electron chi connectivity index (χ0n) is 17.1. The number of ether oxygens (including phenoxy) is 5. The molecular formula is C18H32O14. The van der Waals surface area contributed by atoms with Crippen LogP contribution >= 0.6 is 0 Å². The molecule has 14 heteroatoms. The highest BCUT2D eigenvalue weighted by Gasteiger charge is 2.47.